The average molecular weight is 558 g/mol. The number of unbranched alkanes of at least 4 members (excludes halogenated alkanes) is 1. The van der Waals surface area contributed by atoms with Crippen LogP contribution in [0.4, 0.5) is 5.69 Å². The lowest BCUT2D eigenvalue weighted by Gasteiger charge is -2.36. The second-order valence-electron chi connectivity index (χ2n) is 9.02. The van der Waals surface area contributed by atoms with Crippen LogP contribution in [0.15, 0.2) is 52.9 Å². The maximum Gasteiger partial charge on any atom is 0.303 e. The van der Waals surface area contributed by atoms with Crippen molar-refractivity contribution in [2.45, 2.75) is 68.5 Å². The second-order valence-corrected chi connectivity index (χ2v) is 11.5. The number of ether oxygens (including phenoxy) is 2. The number of anilines is 1. The molecule has 0 aliphatic carbocycles. The molecule has 1 aromatic heterocycles. The number of rotatable bonds is 12. The number of aliphatic hydroxyl groups is 1. The molecule has 1 amide bonds. The SMILES string of the molecule is Cc1nnc(SC[C@H]2C[C@@H](c3ccc(CO)cc3)O[C@@H](c3ccc(NC(=O)CCCCC(=O)O)cc3)O2)s1. The first kappa shape index (κ1) is 28.2. The zero-order chi connectivity index (χ0) is 26.9. The number of aromatic nitrogens is 2. The number of hydrogen-bond donors (Lipinski definition) is 3. The summed E-state index contributed by atoms with van der Waals surface area (Å²) in [5, 5.41) is 30.2. The fourth-order valence-corrected chi connectivity index (χ4v) is 5.89. The van der Waals surface area contributed by atoms with Gasteiger partial charge in [0, 0.05) is 36.3 Å². The summed E-state index contributed by atoms with van der Waals surface area (Å²) in [4.78, 5) is 22.8. The number of carboxylic acids is 1. The van der Waals surface area contributed by atoms with Gasteiger partial charge in [-0.2, -0.15) is 0 Å². The van der Waals surface area contributed by atoms with Crippen molar-refractivity contribution in [3.05, 3.63) is 70.2 Å². The summed E-state index contributed by atoms with van der Waals surface area (Å²) in [7, 11) is 0. The molecule has 3 N–H and O–H groups in total. The number of aliphatic hydroxyl groups excluding tert-OH is 1. The number of aliphatic carboxylic acids is 1. The molecule has 0 bridgehead atoms. The Bertz CT molecular complexity index is 1200. The predicted octanol–water partition coefficient (Wildman–Crippen LogP) is 5.26. The van der Waals surface area contributed by atoms with E-state index < -0.39 is 12.3 Å². The zero-order valence-electron chi connectivity index (χ0n) is 21.0. The number of amides is 1. The Labute approximate surface area is 229 Å². The Morgan fingerprint density at radius 2 is 1.74 bits per heavy atom. The Kier molecular flexibility index (Phi) is 10.2. The standard InChI is InChI=1S/C27H31N3O6S2/c1-17-29-30-27(38-17)37-16-22-14-23(19-8-6-18(15-31)7-9-19)36-26(35-22)20-10-12-21(13-11-20)28-24(32)4-2-3-5-25(33)34/h6-13,22-23,26,31H,2-5,14-16H2,1H3,(H,28,32)(H,33,34)/t22-,23+,26+/m1/s1. The zero-order valence-corrected chi connectivity index (χ0v) is 22.7. The monoisotopic (exact) mass is 557 g/mol. The summed E-state index contributed by atoms with van der Waals surface area (Å²) in [6.07, 6.45) is 1.15. The van der Waals surface area contributed by atoms with Crippen LogP contribution in [0.3, 0.4) is 0 Å². The first-order chi connectivity index (χ1) is 18.4. The van der Waals surface area contributed by atoms with Crippen LogP contribution in [0.5, 0.6) is 0 Å². The van der Waals surface area contributed by atoms with Gasteiger partial charge in [0.05, 0.1) is 18.8 Å². The van der Waals surface area contributed by atoms with Crippen molar-refractivity contribution in [3.8, 4) is 0 Å². The van der Waals surface area contributed by atoms with E-state index in [4.69, 9.17) is 14.6 Å². The Hall–Kier alpha value is -2.83. The predicted molar refractivity (Wildman–Crippen MR) is 145 cm³/mol. The van der Waals surface area contributed by atoms with Gasteiger partial charge in [0.2, 0.25) is 5.91 Å². The molecule has 3 atom stereocenters. The van der Waals surface area contributed by atoms with Gasteiger partial charge in [-0.05, 0) is 43.0 Å². The van der Waals surface area contributed by atoms with Gasteiger partial charge in [-0.25, -0.2) is 0 Å². The van der Waals surface area contributed by atoms with Crippen LogP contribution < -0.4 is 5.32 Å². The molecule has 1 aliphatic rings. The Balaban J connectivity index is 1.41. The highest BCUT2D eigenvalue weighted by atomic mass is 32.2. The van der Waals surface area contributed by atoms with Crippen molar-refractivity contribution in [2.75, 3.05) is 11.1 Å². The highest BCUT2D eigenvalue weighted by Crippen LogP contribution is 2.39. The van der Waals surface area contributed by atoms with Gasteiger partial charge < -0.3 is 25.0 Å². The van der Waals surface area contributed by atoms with E-state index in [2.05, 4.69) is 15.5 Å². The minimum Gasteiger partial charge on any atom is -0.481 e. The van der Waals surface area contributed by atoms with Gasteiger partial charge in [0.15, 0.2) is 10.6 Å². The largest absolute Gasteiger partial charge is 0.481 e. The van der Waals surface area contributed by atoms with Crippen LogP contribution in [-0.2, 0) is 25.7 Å². The molecule has 2 heterocycles. The third-order valence-corrected chi connectivity index (χ3v) is 8.13. The van der Waals surface area contributed by atoms with Gasteiger partial charge in [0.1, 0.15) is 5.01 Å². The van der Waals surface area contributed by atoms with E-state index in [-0.39, 0.29) is 37.6 Å². The lowest BCUT2D eigenvalue weighted by Crippen LogP contribution is -2.31. The van der Waals surface area contributed by atoms with Gasteiger partial charge in [-0.15, -0.1) is 10.2 Å². The molecule has 3 aromatic rings. The van der Waals surface area contributed by atoms with Crippen molar-refractivity contribution < 1.29 is 29.3 Å². The summed E-state index contributed by atoms with van der Waals surface area (Å²) in [5.74, 6) is -0.298. The number of carbonyl (C=O) groups is 2. The number of nitrogens with one attached hydrogen (secondary N) is 1. The van der Waals surface area contributed by atoms with Crippen LogP contribution in [0.2, 0.25) is 0 Å². The lowest BCUT2D eigenvalue weighted by atomic mass is 10.0. The maximum absolute atomic E-state index is 12.2. The molecule has 0 radical (unpaired) electrons. The molecule has 38 heavy (non-hydrogen) atoms. The molecule has 11 heteroatoms. The van der Waals surface area contributed by atoms with Gasteiger partial charge in [-0.3, -0.25) is 9.59 Å². The molecule has 1 aliphatic heterocycles. The first-order valence-electron chi connectivity index (χ1n) is 12.4. The fraction of sp³-hybridized carbons (Fsp3) is 0.407. The highest BCUT2D eigenvalue weighted by molar-refractivity contribution is 8.01. The summed E-state index contributed by atoms with van der Waals surface area (Å²) >= 11 is 3.18. The molecule has 2 aromatic carbocycles. The van der Waals surface area contributed by atoms with E-state index >= 15 is 0 Å². The van der Waals surface area contributed by atoms with Gasteiger partial charge in [-0.1, -0.05) is 59.5 Å². The molecule has 1 fully saturated rings. The second kappa shape index (κ2) is 13.8. The van der Waals surface area contributed by atoms with Crippen molar-refractivity contribution in [1.82, 2.24) is 10.2 Å². The van der Waals surface area contributed by atoms with E-state index in [1.807, 2.05) is 55.5 Å². The minimum atomic E-state index is -0.853. The third-order valence-electron chi connectivity index (χ3n) is 6.03. The summed E-state index contributed by atoms with van der Waals surface area (Å²) < 4.78 is 13.6. The van der Waals surface area contributed by atoms with Crippen molar-refractivity contribution in [2.24, 2.45) is 0 Å². The number of nitrogens with zero attached hydrogens (tertiary/aromatic N) is 2. The molecule has 0 saturated carbocycles. The van der Waals surface area contributed by atoms with Crippen molar-refractivity contribution in [3.63, 3.8) is 0 Å². The molecule has 9 nitrogen and oxygen atoms in total. The van der Waals surface area contributed by atoms with E-state index in [1.165, 1.54) is 0 Å². The smallest absolute Gasteiger partial charge is 0.303 e. The molecule has 1 saturated heterocycles. The Morgan fingerprint density at radius 1 is 1.03 bits per heavy atom. The van der Waals surface area contributed by atoms with E-state index in [0.29, 0.717) is 30.7 Å². The normalized spacial score (nSPS) is 19.3. The van der Waals surface area contributed by atoms with E-state index in [1.54, 1.807) is 23.1 Å². The molecule has 0 spiro atoms. The number of carbonyl (C=O) groups excluding carboxylic acids is 1. The van der Waals surface area contributed by atoms with Gasteiger partial charge >= 0.3 is 5.97 Å². The van der Waals surface area contributed by atoms with Crippen LogP contribution in [-0.4, -0.2) is 44.1 Å². The lowest BCUT2D eigenvalue weighted by molar-refractivity contribution is -0.245. The number of hydrogen-bond acceptors (Lipinski definition) is 9. The number of aryl methyl sites for hydroxylation is 1. The third kappa shape index (κ3) is 8.34. The molecular weight excluding hydrogens is 526 g/mol. The Morgan fingerprint density at radius 3 is 2.39 bits per heavy atom. The minimum absolute atomic E-state index is 0.0106. The van der Waals surface area contributed by atoms with Crippen molar-refractivity contribution >= 4 is 40.7 Å². The molecule has 0 unspecified atom stereocenters. The van der Waals surface area contributed by atoms with Gasteiger partial charge in [0.25, 0.3) is 0 Å². The van der Waals surface area contributed by atoms with Crippen LogP contribution in [0, 0.1) is 6.92 Å². The average Bonchev–Trinajstić information content (AvgIpc) is 3.35. The van der Waals surface area contributed by atoms with Crippen molar-refractivity contribution in [1.29, 1.82) is 0 Å². The summed E-state index contributed by atoms with van der Waals surface area (Å²) in [6.45, 7) is 1.92. The van der Waals surface area contributed by atoms with E-state index in [0.717, 1.165) is 26.0 Å². The number of benzene rings is 2. The quantitative estimate of drug-likeness (QED) is 0.202. The number of thioether (sulfide) groups is 1. The van der Waals surface area contributed by atoms with E-state index in [9.17, 15) is 14.7 Å². The van der Waals surface area contributed by atoms with Crippen LogP contribution >= 0.6 is 23.1 Å². The molecule has 202 valence electrons. The van der Waals surface area contributed by atoms with Crippen LogP contribution in [0.25, 0.3) is 0 Å². The topological polar surface area (TPSA) is 131 Å². The summed E-state index contributed by atoms with van der Waals surface area (Å²) in [6, 6.07) is 15.1. The fourth-order valence-electron chi connectivity index (χ4n) is 4.03. The summed E-state index contributed by atoms with van der Waals surface area (Å²) in [5.41, 5.74) is 3.35. The molecular formula is C27H31N3O6S2. The number of carboxylic acid groups (broad SMARTS) is 1. The highest BCUT2D eigenvalue weighted by Gasteiger charge is 2.32. The van der Waals surface area contributed by atoms with Crippen LogP contribution in [0.1, 0.15) is 66.2 Å². The molecule has 4 rings (SSSR count). The first-order valence-corrected chi connectivity index (χ1v) is 14.2. The maximum atomic E-state index is 12.2.